The smallest absolute Gasteiger partial charge is 0.306 e. The van der Waals surface area contributed by atoms with E-state index >= 15 is 0 Å². The summed E-state index contributed by atoms with van der Waals surface area (Å²) >= 11 is 0. The van der Waals surface area contributed by atoms with Gasteiger partial charge in [-0.05, 0) is 84.0 Å². The Morgan fingerprint density at radius 3 is 1.94 bits per heavy atom. The molecule has 274 valence electrons. The molecule has 0 fully saturated rings. The maximum Gasteiger partial charge on any atom is 0.306 e. The average Bonchev–Trinajstić information content (AvgIpc) is 3.16. The highest BCUT2D eigenvalue weighted by atomic mass is 16.6. The molecular weight excluding hydrogens is 665 g/mol. The van der Waals surface area contributed by atoms with Crippen LogP contribution in [0.2, 0.25) is 0 Å². The zero-order valence-electron chi connectivity index (χ0n) is 30.9. The summed E-state index contributed by atoms with van der Waals surface area (Å²) in [6.45, 7) is 8.89. The van der Waals surface area contributed by atoms with Crippen molar-refractivity contribution < 1.29 is 28.5 Å². The lowest BCUT2D eigenvalue weighted by Gasteiger charge is -2.19. The highest BCUT2D eigenvalue weighted by Gasteiger charge is 2.16. The quantitative estimate of drug-likeness (QED) is 0.0644. The van der Waals surface area contributed by atoms with Gasteiger partial charge in [0.25, 0.3) is 0 Å². The Hall–Kier alpha value is -5.15. The minimum atomic E-state index is -0.463. The van der Waals surface area contributed by atoms with E-state index in [4.69, 9.17) is 23.7 Å². The summed E-state index contributed by atoms with van der Waals surface area (Å²) in [5.41, 5.74) is 6.19. The second kappa shape index (κ2) is 18.6. The maximum absolute atomic E-state index is 11.8. The fraction of sp³-hybridized carbons (Fsp3) is 0.311. The molecule has 0 aliphatic carbocycles. The number of ether oxygens (including phenoxy) is 5. The molecule has 4 aromatic carbocycles. The summed E-state index contributed by atoms with van der Waals surface area (Å²) in [7, 11) is 0. The summed E-state index contributed by atoms with van der Waals surface area (Å²) in [5, 5.41) is 4.53. The third-order valence-corrected chi connectivity index (χ3v) is 8.72. The summed E-state index contributed by atoms with van der Waals surface area (Å²) in [5.74, 6) is 0.605. The lowest BCUT2D eigenvalue weighted by molar-refractivity contribution is -0.155. The number of hydrogen-bond donors (Lipinski definition) is 0. The molecule has 0 radical (unpaired) electrons. The molecule has 6 rings (SSSR count). The molecular formula is C45H48N2O6. The van der Waals surface area contributed by atoms with Crippen molar-refractivity contribution in [3.63, 3.8) is 0 Å². The fourth-order valence-electron chi connectivity index (χ4n) is 6.18. The standard InChI is InChI=1S/C45H48N2O6/c1-45(2,3)53-44(48)11-6-23-49-25-26-50-27-28-51-32-34-14-17-40(39-10-5-8-36-19-22-47-31-42(36)39)43(29-34)52-24-20-33-12-15-37(16-13-33)38-9-4-7-35-18-21-46-30-41(35)38/h4-5,7-10,12-19,21-22,29-31H,6,11,20,23-28,32H2,1-3H3. The van der Waals surface area contributed by atoms with Gasteiger partial charge in [-0.2, -0.15) is 0 Å². The van der Waals surface area contributed by atoms with E-state index < -0.39 is 5.60 Å². The second-order valence-corrected chi connectivity index (χ2v) is 13.9. The average molecular weight is 713 g/mol. The first-order valence-corrected chi connectivity index (χ1v) is 18.3. The molecule has 6 aromatic rings. The Morgan fingerprint density at radius 1 is 0.623 bits per heavy atom. The number of fused-ring (bicyclic) bond motifs is 2. The van der Waals surface area contributed by atoms with E-state index in [1.807, 2.05) is 57.7 Å². The van der Waals surface area contributed by atoms with Crippen LogP contribution in [-0.2, 0) is 36.8 Å². The first-order chi connectivity index (χ1) is 25.8. The van der Waals surface area contributed by atoms with Crippen LogP contribution in [0.1, 0.15) is 44.7 Å². The molecule has 0 aliphatic rings. The van der Waals surface area contributed by atoms with E-state index in [9.17, 15) is 4.79 Å². The van der Waals surface area contributed by atoms with Gasteiger partial charge in [0.1, 0.15) is 11.4 Å². The van der Waals surface area contributed by atoms with E-state index in [0.29, 0.717) is 59.1 Å². The highest BCUT2D eigenvalue weighted by Crippen LogP contribution is 2.36. The van der Waals surface area contributed by atoms with Gasteiger partial charge in [-0.25, -0.2) is 0 Å². The first kappa shape index (κ1) is 37.6. The van der Waals surface area contributed by atoms with Crippen molar-refractivity contribution in [1.82, 2.24) is 9.97 Å². The third kappa shape index (κ3) is 10.9. The van der Waals surface area contributed by atoms with Crippen molar-refractivity contribution in [1.29, 1.82) is 0 Å². The van der Waals surface area contributed by atoms with Gasteiger partial charge in [0, 0.05) is 60.6 Å². The first-order valence-electron chi connectivity index (χ1n) is 18.3. The lowest BCUT2D eigenvalue weighted by atomic mass is 9.97. The van der Waals surface area contributed by atoms with Gasteiger partial charge in [0.05, 0.1) is 39.6 Å². The number of pyridine rings is 2. The molecule has 0 saturated carbocycles. The van der Waals surface area contributed by atoms with E-state index in [2.05, 4.69) is 88.8 Å². The van der Waals surface area contributed by atoms with E-state index in [1.165, 1.54) is 22.1 Å². The Kier molecular flexibility index (Phi) is 13.2. The van der Waals surface area contributed by atoms with Crippen molar-refractivity contribution in [3.05, 3.63) is 127 Å². The lowest BCUT2D eigenvalue weighted by Crippen LogP contribution is -2.23. The minimum absolute atomic E-state index is 0.203. The van der Waals surface area contributed by atoms with Gasteiger partial charge in [0.15, 0.2) is 0 Å². The Bertz CT molecular complexity index is 2080. The van der Waals surface area contributed by atoms with Gasteiger partial charge < -0.3 is 23.7 Å². The van der Waals surface area contributed by atoms with E-state index in [0.717, 1.165) is 45.0 Å². The number of esters is 1. The zero-order valence-corrected chi connectivity index (χ0v) is 30.9. The monoisotopic (exact) mass is 712 g/mol. The van der Waals surface area contributed by atoms with Crippen LogP contribution in [-0.4, -0.2) is 61.2 Å². The van der Waals surface area contributed by atoms with Gasteiger partial charge in [-0.15, -0.1) is 0 Å². The molecule has 2 heterocycles. The van der Waals surface area contributed by atoms with E-state index in [-0.39, 0.29) is 5.97 Å². The van der Waals surface area contributed by atoms with Crippen LogP contribution >= 0.6 is 0 Å². The third-order valence-electron chi connectivity index (χ3n) is 8.72. The fourth-order valence-corrected chi connectivity index (χ4v) is 6.18. The van der Waals surface area contributed by atoms with Crippen molar-refractivity contribution >= 4 is 27.5 Å². The molecule has 0 atom stereocenters. The Labute approximate surface area is 312 Å². The van der Waals surface area contributed by atoms with Crippen LogP contribution in [0, 0.1) is 0 Å². The summed E-state index contributed by atoms with van der Waals surface area (Å²) in [6, 6.07) is 31.7. The molecule has 53 heavy (non-hydrogen) atoms. The molecule has 0 N–H and O–H groups in total. The summed E-state index contributed by atoms with van der Waals surface area (Å²) < 4.78 is 29.1. The number of carbonyl (C=O) groups excluding carboxylic acids is 1. The predicted molar refractivity (Wildman–Crippen MR) is 210 cm³/mol. The molecule has 0 amide bonds. The largest absolute Gasteiger partial charge is 0.493 e. The number of benzene rings is 4. The van der Waals surface area contributed by atoms with Gasteiger partial charge >= 0.3 is 5.97 Å². The molecule has 0 spiro atoms. The number of nitrogens with zero attached hydrogens (tertiary/aromatic N) is 2. The molecule has 0 saturated heterocycles. The SMILES string of the molecule is CC(C)(C)OC(=O)CCCOCCOCCOCc1ccc(-c2cccc3ccncc23)c(OCCc2ccc(-c3cccc4ccncc34)cc2)c1. The van der Waals surface area contributed by atoms with Crippen molar-refractivity contribution in [2.24, 2.45) is 0 Å². The topological polar surface area (TPSA) is 89.0 Å². The Morgan fingerprint density at radius 2 is 1.25 bits per heavy atom. The van der Waals surface area contributed by atoms with Crippen LogP contribution in [0.3, 0.4) is 0 Å². The highest BCUT2D eigenvalue weighted by molar-refractivity contribution is 5.98. The van der Waals surface area contributed by atoms with Gasteiger partial charge in [-0.3, -0.25) is 14.8 Å². The molecule has 8 nitrogen and oxygen atoms in total. The molecule has 0 unspecified atom stereocenters. The van der Waals surface area contributed by atoms with Crippen LogP contribution in [0.15, 0.2) is 116 Å². The normalized spacial score (nSPS) is 11.6. The molecule has 8 heteroatoms. The minimum Gasteiger partial charge on any atom is -0.493 e. The number of rotatable bonds is 18. The molecule has 2 aromatic heterocycles. The summed E-state index contributed by atoms with van der Waals surface area (Å²) in [4.78, 5) is 20.5. The van der Waals surface area contributed by atoms with Crippen molar-refractivity contribution in [2.75, 3.05) is 39.6 Å². The zero-order chi connectivity index (χ0) is 36.9. The number of aromatic nitrogens is 2. The molecule has 0 bridgehead atoms. The van der Waals surface area contributed by atoms with Crippen molar-refractivity contribution in [3.8, 4) is 28.0 Å². The second-order valence-electron chi connectivity index (χ2n) is 13.9. The van der Waals surface area contributed by atoms with Crippen LogP contribution < -0.4 is 4.74 Å². The summed E-state index contributed by atoms with van der Waals surface area (Å²) in [6.07, 6.45) is 9.22. The molecule has 0 aliphatic heterocycles. The van der Waals surface area contributed by atoms with Gasteiger partial charge in [-0.1, -0.05) is 72.8 Å². The van der Waals surface area contributed by atoms with Crippen LogP contribution in [0.25, 0.3) is 43.8 Å². The van der Waals surface area contributed by atoms with Crippen LogP contribution in [0.5, 0.6) is 5.75 Å². The Balaban J connectivity index is 1.01. The maximum atomic E-state index is 11.8. The number of carbonyl (C=O) groups is 1. The van der Waals surface area contributed by atoms with Gasteiger partial charge in [0.2, 0.25) is 0 Å². The van der Waals surface area contributed by atoms with Crippen LogP contribution in [0.4, 0.5) is 0 Å². The van der Waals surface area contributed by atoms with E-state index in [1.54, 1.807) is 0 Å². The van der Waals surface area contributed by atoms with Crippen molar-refractivity contribution in [2.45, 2.75) is 52.2 Å². The number of hydrogen-bond acceptors (Lipinski definition) is 8. The predicted octanol–water partition coefficient (Wildman–Crippen LogP) is 9.41.